The number of carbonyl (C=O) groups is 2. The maximum Gasteiger partial charge on any atom is 0.271 e. The third kappa shape index (κ3) is 2.42. The first-order valence-electron chi connectivity index (χ1n) is 6.94. The van der Waals surface area contributed by atoms with Crippen molar-refractivity contribution >= 4 is 54.0 Å². The molecule has 0 unspecified atom stereocenters. The summed E-state index contributed by atoms with van der Waals surface area (Å²) in [5.74, 6) is -1.68. The number of anilines is 1. The second-order valence-corrected chi connectivity index (χ2v) is 8.10. The molecule has 2 amide bonds. The predicted molar refractivity (Wildman–Crippen MR) is 94.6 cm³/mol. The van der Waals surface area contributed by atoms with Crippen LogP contribution in [0, 0.1) is 0 Å². The fraction of sp³-hybridized carbons (Fsp3) is 0.125. The maximum atomic E-state index is 13.0. The molecule has 1 N–H and O–H groups in total. The zero-order chi connectivity index (χ0) is 17.6. The number of hydrogen-bond donors (Lipinski definition) is 1. The summed E-state index contributed by atoms with van der Waals surface area (Å²) in [5.41, 5.74) is 0.851. The molecule has 8 heteroatoms. The molecule has 2 aromatic rings. The van der Waals surface area contributed by atoms with Crippen LogP contribution in [0.1, 0.15) is 0 Å². The van der Waals surface area contributed by atoms with Crippen LogP contribution in [-0.2, 0) is 19.4 Å². The van der Waals surface area contributed by atoms with Gasteiger partial charge in [-0.05, 0) is 28.1 Å². The highest BCUT2D eigenvalue weighted by atomic mass is 79.9. The van der Waals surface area contributed by atoms with E-state index in [1.165, 1.54) is 6.07 Å². The van der Waals surface area contributed by atoms with Gasteiger partial charge in [-0.1, -0.05) is 24.3 Å². The number of benzene rings is 2. The van der Waals surface area contributed by atoms with Crippen LogP contribution < -0.4 is 10.2 Å². The molecular weight excluding hydrogens is 396 g/mol. The number of nitrogens with one attached hydrogen (secondary N) is 1. The summed E-state index contributed by atoms with van der Waals surface area (Å²) in [6, 6.07) is 10.2. The molecule has 1 aliphatic heterocycles. The number of amides is 2. The second-order valence-electron chi connectivity index (χ2n) is 5.45. The third-order valence-corrected chi connectivity index (χ3v) is 6.61. The van der Waals surface area contributed by atoms with Crippen molar-refractivity contribution in [2.45, 2.75) is 4.90 Å². The van der Waals surface area contributed by atoms with E-state index in [-0.39, 0.29) is 9.38 Å². The van der Waals surface area contributed by atoms with E-state index < -0.39 is 26.6 Å². The maximum absolute atomic E-state index is 13.0. The highest BCUT2D eigenvalue weighted by Gasteiger charge is 2.39. The van der Waals surface area contributed by atoms with E-state index in [2.05, 4.69) is 15.9 Å². The molecule has 0 atom stereocenters. The van der Waals surface area contributed by atoms with Gasteiger partial charge in [0, 0.05) is 30.6 Å². The van der Waals surface area contributed by atoms with Gasteiger partial charge in [0.2, 0.25) is 9.84 Å². The van der Waals surface area contributed by atoms with Crippen LogP contribution in [0.4, 0.5) is 5.69 Å². The molecule has 1 heterocycles. The average molecular weight is 409 g/mol. The lowest BCUT2D eigenvalue weighted by molar-refractivity contribution is -0.123. The van der Waals surface area contributed by atoms with Gasteiger partial charge >= 0.3 is 0 Å². The number of imide groups is 1. The summed E-state index contributed by atoms with van der Waals surface area (Å²) in [5, 5.41) is 3.21. The fourth-order valence-electron chi connectivity index (χ4n) is 2.66. The Balaban J connectivity index is 2.33. The molecule has 0 aromatic heterocycles. The number of nitrogens with zero attached hydrogens (tertiary/aromatic N) is 1. The second kappa shape index (κ2) is 5.71. The van der Waals surface area contributed by atoms with E-state index in [4.69, 9.17) is 0 Å². The third-order valence-electron chi connectivity index (χ3n) is 3.73. The number of sulfone groups is 1. The molecule has 124 valence electrons. The minimum absolute atomic E-state index is 0.0134. The number of rotatable bonds is 3. The molecule has 1 aliphatic rings. The largest absolute Gasteiger partial charge is 0.377 e. The van der Waals surface area contributed by atoms with Gasteiger partial charge in [-0.25, -0.2) is 8.42 Å². The molecule has 0 aliphatic carbocycles. The van der Waals surface area contributed by atoms with Gasteiger partial charge in [0.05, 0.1) is 4.90 Å². The number of carbonyl (C=O) groups excluding carboxylic acids is 2. The molecule has 0 fully saturated rings. The smallest absolute Gasteiger partial charge is 0.271 e. The topological polar surface area (TPSA) is 83.6 Å². The molecule has 24 heavy (non-hydrogen) atoms. The normalized spacial score (nSPS) is 15.1. The van der Waals surface area contributed by atoms with Crippen LogP contribution in [0.15, 0.2) is 50.7 Å². The number of fused-ring (bicyclic) bond motifs is 1. The van der Waals surface area contributed by atoms with Gasteiger partial charge in [-0.3, -0.25) is 14.9 Å². The van der Waals surface area contributed by atoms with Crippen LogP contribution in [0.2, 0.25) is 0 Å². The molecule has 0 spiro atoms. The van der Waals surface area contributed by atoms with Crippen molar-refractivity contribution in [3.8, 4) is 0 Å². The van der Waals surface area contributed by atoms with Gasteiger partial charge < -0.3 is 4.90 Å². The minimum Gasteiger partial charge on any atom is -0.377 e. The Hall–Kier alpha value is -2.19. The molecular formula is C16H13BrN2O4S. The average Bonchev–Trinajstić information content (AvgIpc) is 2.78. The van der Waals surface area contributed by atoms with Crippen molar-refractivity contribution in [3.63, 3.8) is 0 Å². The van der Waals surface area contributed by atoms with E-state index in [1.807, 2.05) is 36.4 Å². The van der Waals surface area contributed by atoms with Gasteiger partial charge in [-0.2, -0.15) is 0 Å². The summed E-state index contributed by atoms with van der Waals surface area (Å²) in [4.78, 5) is 24.8. The molecule has 0 radical (unpaired) electrons. The zero-order valence-corrected chi connectivity index (χ0v) is 15.2. The lowest BCUT2D eigenvalue weighted by Gasteiger charge is -2.17. The zero-order valence-electron chi connectivity index (χ0n) is 12.8. The number of hydrogen-bond acceptors (Lipinski definition) is 5. The SMILES string of the molecule is CN(C)c1cccc2c(S(=O)(=O)C3=C(Br)C(=O)NC3=O)cccc12. The Morgan fingerprint density at radius 3 is 2.17 bits per heavy atom. The van der Waals surface area contributed by atoms with Crippen molar-refractivity contribution in [2.75, 3.05) is 19.0 Å². The molecule has 0 saturated heterocycles. The van der Waals surface area contributed by atoms with E-state index in [9.17, 15) is 18.0 Å². The van der Waals surface area contributed by atoms with Gasteiger partial charge in [0.1, 0.15) is 4.48 Å². The summed E-state index contributed by atoms with van der Waals surface area (Å²) in [6.07, 6.45) is 0. The summed E-state index contributed by atoms with van der Waals surface area (Å²) >= 11 is 2.90. The van der Waals surface area contributed by atoms with E-state index >= 15 is 0 Å². The van der Waals surface area contributed by atoms with Crippen molar-refractivity contribution < 1.29 is 18.0 Å². The first-order chi connectivity index (χ1) is 11.2. The van der Waals surface area contributed by atoms with Crippen molar-refractivity contribution in [3.05, 3.63) is 45.8 Å². The Bertz CT molecular complexity index is 1030. The highest BCUT2D eigenvalue weighted by Crippen LogP contribution is 2.35. The highest BCUT2D eigenvalue weighted by molar-refractivity contribution is 9.12. The first kappa shape index (κ1) is 16.7. The molecule has 2 aromatic carbocycles. The van der Waals surface area contributed by atoms with Crippen LogP contribution in [0.5, 0.6) is 0 Å². The molecule has 0 bridgehead atoms. The summed E-state index contributed by atoms with van der Waals surface area (Å²) < 4.78 is 25.7. The Kier molecular flexibility index (Phi) is 3.97. The molecule has 0 saturated carbocycles. The predicted octanol–water partition coefficient (Wildman–Crippen LogP) is 1.94. The van der Waals surface area contributed by atoms with Crippen LogP contribution in [0.3, 0.4) is 0 Å². The van der Waals surface area contributed by atoms with Crippen LogP contribution in [0.25, 0.3) is 10.8 Å². The summed E-state index contributed by atoms with van der Waals surface area (Å²) in [7, 11) is -0.439. The quantitative estimate of drug-likeness (QED) is 0.784. The van der Waals surface area contributed by atoms with Crippen LogP contribution >= 0.6 is 15.9 Å². The monoisotopic (exact) mass is 408 g/mol. The van der Waals surface area contributed by atoms with Gasteiger partial charge in [0.25, 0.3) is 11.8 Å². The van der Waals surface area contributed by atoms with Gasteiger partial charge in [0.15, 0.2) is 4.91 Å². The fourth-order valence-corrected chi connectivity index (χ4v) is 5.14. The molecule has 6 nitrogen and oxygen atoms in total. The Labute approximate surface area is 147 Å². The van der Waals surface area contributed by atoms with Crippen molar-refractivity contribution in [2.24, 2.45) is 0 Å². The van der Waals surface area contributed by atoms with E-state index in [0.29, 0.717) is 5.39 Å². The molecule has 3 rings (SSSR count). The van der Waals surface area contributed by atoms with Crippen molar-refractivity contribution in [1.82, 2.24) is 5.32 Å². The van der Waals surface area contributed by atoms with Crippen LogP contribution in [-0.4, -0.2) is 34.3 Å². The standard InChI is InChI=1S/C16H13BrN2O4S/c1-19(2)11-7-3-6-10-9(11)5-4-8-12(10)24(22,23)14-13(17)15(20)18-16(14)21/h3-8H,1-2H3,(H,18,20,21). The van der Waals surface area contributed by atoms with E-state index in [1.54, 1.807) is 18.2 Å². The number of halogens is 1. The Morgan fingerprint density at radius 2 is 1.58 bits per heavy atom. The summed E-state index contributed by atoms with van der Waals surface area (Å²) in [6.45, 7) is 0. The van der Waals surface area contributed by atoms with E-state index in [0.717, 1.165) is 11.1 Å². The lowest BCUT2D eigenvalue weighted by Crippen LogP contribution is -2.24. The van der Waals surface area contributed by atoms with Crippen molar-refractivity contribution in [1.29, 1.82) is 0 Å². The Morgan fingerprint density at radius 1 is 0.958 bits per heavy atom. The minimum atomic E-state index is -4.16. The van der Waals surface area contributed by atoms with Gasteiger partial charge in [-0.15, -0.1) is 0 Å². The first-order valence-corrected chi connectivity index (χ1v) is 9.22. The lowest BCUT2D eigenvalue weighted by atomic mass is 10.1.